The number of benzene rings is 2. The van der Waals surface area contributed by atoms with Crippen molar-refractivity contribution >= 4 is 40.9 Å². The van der Waals surface area contributed by atoms with Crippen LogP contribution in [0.1, 0.15) is 41.0 Å². The van der Waals surface area contributed by atoms with Gasteiger partial charge in [-0.3, -0.25) is 19.2 Å². The molecule has 1 atom stereocenters. The van der Waals surface area contributed by atoms with Crippen molar-refractivity contribution in [2.24, 2.45) is 0 Å². The zero-order valence-electron chi connectivity index (χ0n) is 16.0. The number of rotatable bonds is 8. The molecule has 152 valence electrons. The molecule has 0 heterocycles. The number of hydrogen-bond donors (Lipinski definition) is 2. The number of Topliss-reactive ketones (excluding diaryl/α,β-unsaturated/α-hetero) is 1. The minimum absolute atomic E-state index is 0.0706. The topological polar surface area (TPSA) is 102 Å². The van der Waals surface area contributed by atoms with Gasteiger partial charge in [0.25, 0.3) is 11.8 Å². The van der Waals surface area contributed by atoms with Gasteiger partial charge in [-0.1, -0.05) is 11.6 Å². The first-order chi connectivity index (χ1) is 13.8. The van der Waals surface area contributed by atoms with Gasteiger partial charge in [0.05, 0.1) is 6.42 Å². The summed E-state index contributed by atoms with van der Waals surface area (Å²) in [5, 5.41) is 5.72. The van der Waals surface area contributed by atoms with E-state index in [4.69, 9.17) is 16.3 Å². The lowest BCUT2D eigenvalue weighted by molar-refractivity contribution is -0.153. The first-order valence-electron chi connectivity index (χ1n) is 8.91. The summed E-state index contributed by atoms with van der Waals surface area (Å²) >= 11 is 5.77. The number of ether oxygens (including phenoxy) is 1. The van der Waals surface area contributed by atoms with E-state index in [2.05, 4.69) is 10.6 Å². The van der Waals surface area contributed by atoms with Gasteiger partial charge in [-0.25, -0.2) is 0 Å². The fourth-order valence-electron chi connectivity index (χ4n) is 2.32. The minimum atomic E-state index is -1.01. The molecule has 2 N–H and O–H groups in total. The van der Waals surface area contributed by atoms with Gasteiger partial charge < -0.3 is 15.4 Å². The van der Waals surface area contributed by atoms with Crippen LogP contribution in [0.25, 0.3) is 0 Å². The zero-order chi connectivity index (χ0) is 21.4. The number of nitrogens with one attached hydrogen (secondary N) is 2. The summed E-state index contributed by atoms with van der Waals surface area (Å²) < 4.78 is 5.08. The molecule has 0 spiro atoms. The second-order valence-corrected chi connectivity index (χ2v) is 6.70. The molecule has 2 aromatic carbocycles. The van der Waals surface area contributed by atoms with Crippen LogP contribution in [0, 0.1) is 0 Å². The summed E-state index contributed by atoms with van der Waals surface area (Å²) in [7, 11) is 0. The Morgan fingerprint density at radius 1 is 0.966 bits per heavy atom. The van der Waals surface area contributed by atoms with E-state index < -0.39 is 18.0 Å². The molecule has 0 aliphatic carbocycles. The van der Waals surface area contributed by atoms with E-state index in [1.54, 1.807) is 48.5 Å². The average molecular weight is 417 g/mol. The Morgan fingerprint density at radius 3 is 2.14 bits per heavy atom. The van der Waals surface area contributed by atoms with Crippen molar-refractivity contribution in [3.8, 4) is 0 Å². The van der Waals surface area contributed by atoms with Gasteiger partial charge in [-0.2, -0.15) is 0 Å². The molecule has 8 heteroatoms. The normalized spacial score (nSPS) is 11.3. The smallest absolute Gasteiger partial charge is 0.308 e. The van der Waals surface area contributed by atoms with Crippen molar-refractivity contribution in [3.63, 3.8) is 0 Å². The summed E-state index contributed by atoms with van der Waals surface area (Å²) in [5.41, 5.74) is 1.44. The maximum absolute atomic E-state index is 12.1. The third kappa shape index (κ3) is 7.04. The number of carbonyl (C=O) groups is 4. The van der Waals surface area contributed by atoms with Gasteiger partial charge in [0.15, 0.2) is 11.9 Å². The number of halogens is 1. The maximum atomic E-state index is 12.1. The van der Waals surface area contributed by atoms with E-state index in [9.17, 15) is 19.2 Å². The highest BCUT2D eigenvalue weighted by molar-refractivity contribution is 6.30. The molecule has 2 amide bonds. The average Bonchev–Trinajstić information content (AvgIpc) is 2.68. The Kier molecular flexibility index (Phi) is 7.91. The SMILES string of the molecule is CC(=O)c1ccc(NC(=O)[C@H](C)OC(=O)CCNC(=O)c2ccc(Cl)cc2)cc1. The van der Waals surface area contributed by atoms with E-state index >= 15 is 0 Å². The van der Waals surface area contributed by atoms with Crippen LogP contribution in [0.5, 0.6) is 0 Å². The molecule has 0 saturated heterocycles. The quantitative estimate of drug-likeness (QED) is 0.508. The molecular formula is C21H21ClN2O5. The van der Waals surface area contributed by atoms with E-state index in [1.165, 1.54) is 13.8 Å². The van der Waals surface area contributed by atoms with Gasteiger partial charge in [0.2, 0.25) is 0 Å². The van der Waals surface area contributed by atoms with Crippen molar-refractivity contribution in [2.45, 2.75) is 26.4 Å². The zero-order valence-corrected chi connectivity index (χ0v) is 16.8. The molecular weight excluding hydrogens is 396 g/mol. The predicted octanol–water partition coefficient (Wildman–Crippen LogP) is 3.23. The summed E-state index contributed by atoms with van der Waals surface area (Å²) in [6.07, 6.45) is -1.09. The summed E-state index contributed by atoms with van der Waals surface area (Å²) in [4.78, 5) is 47.2. The van der Waals surface area contributed by atoms with E-state index in [1.807, 2.05) is 0 Å². The lowest BCUT2D eigenvalue weighted by Crippen LogP contribution is -2.32. The molecule has 0 fully saturated rings. The van der Waals surface area contributed by atoms with Crippen LogP contribution in [0.3, 0.4) is 0 Å². The molecule has 0 saturated carbocycles. The predicted molar refractivity (Wildman–Crippen MR) is 109 cm³/mol. The lowest BCUT2D eigenvalue weighted by Gasteiger charge is -2.14. The number of anilines is 1. The molecule has 0 unspecified atom stereocenters. The largest absolute Gasteiger partial charge is 0.452 e. The van der Waals surface area contributed by atoms with Crippen LogP contribution in [0.15, 0.2) is 48.5 Å². The number of hydrogen-bond acceptors (Lipinski definition) is 5. The minimum Gasteiger partial charge on any atom is -0.452 e. The summed E-state index contributed by atoms with van der Waals surface area (Å²) in [6, 6.07) is 12.7. The molecule has 7 nitrogen and oxygen atoms in total. The lowest BCUT2D eigenvalue weighted by atomic mass is 10.1. The molecule has 0 aliphatic heterocycles. The first-order valence-corrected chi connectivity index (χ1v) is 9.29. The Bertz CT molecular complexity index is 894. The Balaban J connectivity index is 1.74. The standard InChI is InChI=1S/C21H21ClN2O5/c1-13(25)15-5-9-18(10-6-15)24-20(27)14(2)29-19(26)11-12-23-21(28)16-3-7-17(22)8-4-16/h3-10,14H,11-12H2,1-2H3,(H,23,28)(H,24,27)/t14-/m0/s1. The summed E-state index contributed by atoms with van der Waals surface area (Å²) in [6.45, 7) is 2.97. The third-order valence-electron chi connectivity index (χ3n) is 3.96. The second-order valence-electron chi connectivity index (χ2n) is 6.27. The van der Waals surface area contributed by atoms with Crippen molar-refractivity contribution in [2.75, 3.05) is 11.9 Å². The third-order valence-corrected chi connectivity index (χ3v) is 4.21. The Labute approximate surface area is 173 Å². The maximum Gasteiger partial charge on any atom is 0.308 e. The monoisotopic (exact) mass is 416 g/mol. The molecule has 0 aromatic heterocycles. The molecule has 0 bridgehead atoms. The highest BCUT2D eigenvalue weighted by Crippen LogP contribution is 2.11. The first kappa shape index (κ1) is 22.1. The fraction of sp³-hybridized carbons (Fsp3) is 0.238. The molecule has 2 rings (SSSR count). The van der Waals surface area contributed by atoms with Crippen LogP contribution >= 0.6 is 11.6 Å². The number of amides is 2. The fourth-order valence-corrected chi connectivity index (χ4v) is 2.45. The van der Waals surface area contributed by atoms with Crippen LogP contribution < -0.4 is 10.6 Å². The van der Waals surface area contributed by atoms with Crippen molar-refractivity contribution in [3.05, 3.63) is 64.7 Å². The van der Waals surface area contributed by atoms with Gasteiger partial charge in [-0.05, 0) is 62.4 Å². The van der Waals surface area contributed by atoms with Crippen molar-refractivity contribution in [1.29, 1.82) is 0 Å². The van der Waals surface area contributed by atoms with Gasteiger partial charge in [0.1, 0.15) is 0 Å². The number of carbonyl (C=O) groups excluding carboxylic acids is 4. The number of esters is 1. The summed E-state index contributed by atoms with van der Waals surface area (Å²) in [5.74, 6) is -1.53. The van der Waals surface area contributed by atoms with E-state index in [0.717, 1.165) is 0 Å². The van der Waals surface area contributed by atoms with Crippen LogP contribution in [-0.2, 0) is 14.3 Å². The van der Waals surface area contributed by atoms with E-state index in [0.29, 0.717) is 21.8 Å². The molecule has 2 aromatic rings. The van der Waals surface area contributed by atoms with Crippen LogP contribution in [0.2, 0.25) is 5.02 Å². The van der Waals surface area contributed by atoms with Gasteiger partial charge in [0, 0.05) is 28.4 Å². The van der Waals surface area contributed by atoms with Gasteiger partial charge >= 0.3 is 5.97 Å². The van der Waals surface area contributed by atoms with Crippen molar-refractivity contribution in [1.82, 2.24) is 5.32 Å². The van der Waals surface area contributed by atoms with Crippen LogP contribution in [-0.4, -0.2) is 36.2 Å². The van der Waals surface area contributed by atoms with Crippen molar-refractivity contribution < 1.29 is 23.9 Å². The molecule has 29 heavy (non-hydrogen) atoms. The van der Waals surface area contributed by atoms with Gasteiger partial charge in [-0.15, -0.1) is 0 Å². The van der Waals surface area contributed by atoms with Crippen LogP contribution in [0.4, 0.5) is 5.69 Å². The second kappa shape index (κ2) is 10.4. The Morgan fingerprint density at radius 2 is 1.55 bits per heavy atom. The Hall–Kier alpha value is -3.19. The molecule has 0 aliphatic rings. The number of ketones is 1. The molecule has 0 radical (unpaired) electrons. The highest BCUT2D eigenvalue weighted by Gasteiger charge is 2.18. The van der Waals surface area contributed by atoms with E-state index in [-0.39, 0.29) is 24.7 Å². The highest BCUT2D eigenvalue weighted by atomic mass is 35.5.